The van der Waals surface area contributed by atoms with Gasteiger partial charge in [-0.3, -0.25) is 9.88 Å². The quantitative estimate of drug-likeness (QED) is 0.291. The molecule has 0 aliphatic heterocycles. The average Bonchev–Trinajstić information content (AvgIpc) is 3.31. The molecule has 4 N–H and O–H groups in total. The molecule has 170 valence electrons. The number of carbonyl (C=O) groups is 1. The number of benzene rings is 2. The van der Waals surface area contributed by atoms with E-state index in [1.165, 1.54) is 4.90 Å². The van der Waals surface area contributed by atoms with Crippen LogP contribution in [0.3, 0.4) is 0 Å². The number of urea groups is 1. The highest BCUT2D eigenvalue weighted by Gasteiger charge is 2.17. The molecule has 0 fully saturated rings. The maximum Gasteiger partial charge on any atom is 0.323 e. The van der Waals surface area contributed by atoms with Crippen LogP contribution in [0.4, 0.5) is 22.0 Å². The van der Waals surface area contributed by atoms with E-state index in [1.807, 2.05) is 41.8 Å². The van der Waals surface area contributed by atoms with Gasteiger partial charge in [0.2, 0.25) is 0 Å². The zero-order valence-corrected chi connectivity index (χ0v) is 19.8. The Kier molecular flexibility index (Phi) is 6.06. The molecule has 0 aliphatic rings. The van der Waals surface area contributed by atoms with Crippen LogP contribution in [0, 0.1) is 11.8 Å². The Morgan fingerprint density at radius 1 is 1.00 bits per heavy atom. The van der Waals surface area contributed by atoms with Gasteiger partial charge in [0.05, 0.1) is 21.6 Å². The van der Waals surface area contributed by atoms with Crippen LogP contribution in [-0.2, 0) is 0 Å². The van der Waals surface area contributed by atoms with Crippen molar-refractivity contribution >= 4 is 56.2 Å². The summed E-state index contributed by atoms with van der Waals surface area (Å²) in [5.74, 6) is 6.79. The topological polar surface area (TPSA) is 98.1 Å². The first-order chi connectivity index (χ1) is 17.0. The number of pyridine rings is 2. The van der Waals surface area contributed by atoms with E-state index in [2.05, 4.69) is 21.8 Å². The minimum Gasteiger partial charge on any atom is -0.383 e. The zero-order valence-electron chi connectivity index (χ0n) is 18.3. The Balaban J connectivity index is 1.53. The minimum absolute atomic E-state index is 0.437. The molecule has 0 saturated heterocycles. The van der Waals surface area contributed by atoms with Crippen LogP contribution in [0.15, 0.2) is 84.6 Å². The van der Waals surface area contributed by atoms with Gasteiger partial charge in [0.25, 0.3) is 0 Å². The summed E-state index contributed by atoms with van der Waals surface area (Å²) >= 11 is 7.67. The van der Waals surface area contributed by atoms with Crippen LogP contribution >= 0.6 is 22.9 Å². The molecule has 8 heteroatoms. The average molecular weight is 496 g/mol. The van der Waals surface area contributed by atoms with Crippen LogP contribution in [0.1, 0.15) is 11.1 Å². The van der Waals surface area contributed by atoms with Crippen molar-refractivity contribution in [2.75, 3.05) is 10.6 Å². The summed E-state index contributed by atoms with van der Waals surface area (Å²) in [5.41, 5.74) is 16.7. The monoisotopic (exact) mass is 495 g/mol. The highest BCUT2D eigenvalue weighted by atomic mass is 35.5. The van der Waals surface area contributed by atoms with E-state index < -0.39 is 6.03 Å². The van der Waals surface area contributed by atoms with Crippen molar-refractivity contribution in [3.63, 3.8) is 0 Å². The molecule has 3 heterocycles. The van der Waals surface area contributed by atoms with E-state index in [-0.39, 0.29) is 0 Å². The van der Waals surface area contributed by atoms with Crippen LogP contribution in [0.25, 0.3) is 21.2 Å². The number of nitrogens with two attached hydrogens (primary N) is 2. The smallest absolute Gasteiger partial charge is 0.323 e. The second-order valence-corrected chi connectivity index (χ2v) is 8.91. The minimum atomic E-state index is -0.605. The largest absolute Gasteiger partial charge is 0.383 e. The molecule has 0 radical (unpaired) electrons. The molecule has 0 atom stereocenters. The van der Waals surface area contributed by atoms with Gasteiger partial charge in [-0.25, -0.2) is 9.78 Å². The van der Waals surface area contributed by atoms with Gasteiger partial charge in [0.1, 0.15) is 5.82 Å². The lowest BCUT2D eigenvalue weighted by Gasteiger charge is -2.21. The summed E-state index contributed by atoms with van der Waals surface area (Å²) < 4.78 is 0.968. The highest BCUT2D eigenvalue weighted by molar-refractivity contribution is 7.18. The van der Waals surface area contributed by atoms with E-state index in [4.69, 9.17) is 23.1 Å². The Morgan fingerprint density at radius 3 is 2.49 bits per heavy atom. The molecule has 0 spiro atoms. The summed E-state index contributed by atoms with van der Waals surface area (Å²) in [6.07, 6.45) is 5.12. The summed E-state index contributed by atoms with van der Waals surface area (Å²) in [5, 5.41) is 3.41. The first-order valence-corrected chi connectivity index (χ1v) is 11.8. The summed E-state index contributed by atoms with van der Waals surface area (Å²) in [4.78, 5) is 22.0. The van der Waals surface area contributed by atoms with Crippen molar-refractivity contribution < 1.29 is 4.79 Å². The molecule has 6 nitrogen and oxygen atoms in total. The van der Waals surface area contributed by atoms with Gasteiger partial charge in [-0.05, 0) is 53.4 Å². The van der Waals surface area contributed by atoms with Gasteiger partial charge in [-0.1, -0.05) is 41.6 Å². The third-order valence-corrected chi connectivity index (χ3v) is 6.62. The molecule has 0 saturated carbocycles. The molecule has 3 aromatic heterocycles. The van der Waals surface area contributed by atoms with Gasteiger partial charge in [0, 0.05) is 40.1 Å². The van der Waals surface area contributed by atoms with E-state index in [9.17, 15) is 4.79 Å². The fourth-order valence-corrected chi connectivity index (χ4v) is 4.99. The molecule has 5 rings (SSSR count). The normalized spacial score (nSPS) is 10.5. The zero-order chi connectivity index (χ0) is 24.4. The lowest BCUT2D eigenvalue weighted by atomic mass is 10.0. The van der Waals surface area contributed by atoms with Crippen LogP contribution in [-0.4, -0.2) is 16.0 Å². The van der Waals surface area contributed by atoms with Gasteiger partial charge >= 0.3 is 6.03 Å². The number of aromatic nitrogens is 2. The molecule has 2 amide bonds. The van der Waals surface area contributed by atoms with Gasteiger partial charge in [0.15, 0.2) is 0 Å². The van der Waals surface area contributed by atoms with Crippen molar-refractivity contribution in [3.05, 3.63) is 101 Å². The lowest BCUT2D eigenvalue weighted by Crippen LogP contribution is -2.31. The molecule has 35 heavy (non-hydrogen) atoms. The number of amides is 2. The Hall–Kier alpha value is -4.38. The third-order valence-electron chi connectivity index (χ3n) is 5.37. The number of hydrogen-bond acceptors (Lipinski definition) is 5. The fraction of sp³-hybridized carbons (Fsp3) is 0. The summed E-state index contributed by atoms with van der Waals surface area (Å²) in [6.45, 7) is 0. The predicted octanol–water partition coefficient (Wildman–Crippen LogP) is 6.21. The van der Waals surface area contributed by atoms with Gasteiger partial charge in [-0.15, -0.1) is 11.3 Å². The molecule has 5 aromatic rings. The van der Waals surface area contributed by atoms with Crippen molar-refractivity contribution in [1.29, 1.82) is 0 Å². The Bertz CT molecular complexity index is 1600. The third kappa shape index (κ3) is 4.53. The molecule has 0 aliphatic carbocycles. The molecule has 0 bridgehead atoms. The van der Waals surface area contributed by atoms with Crippen molar-refractivity contribution in [2.24, 2.45) is 5.73 Å². The van der Waals surface area contributed by atoms with Crippen molar-refractivity contribution in [1.82, 2.24) is 9.97 Å². The van der Waals surface area contributed by atoms with Crippen molar-refractivity contribution in [3.8, 4) is 23.0 Å². The Morgan fingerprint density at radius 2 is 1.77 bits per heavy atom. The van der Waals surface area contributed by atoms with Crippen LogP contribution < -0.4 is 16.4 Å². The number of hydrogen-bond donors (Lipinski definition) is 2. The fourth-order valence-electron chi connectivity index (χ4n) is 3.75. The van der Waals surface area contributed by atoms with E-state index in [0.717, 1.165) is 32.3 Å². The van der Waals surface area contributed by atoms with E-state index in [1.54, 1.807) is 54.2 Å². The lowest BCUT2D eigenvalue weighted by molar-refractivity contribution is 0.256. The van der Waals surface area contributed by atoms with Crippen molar-refractivity contribution in [2.45, 2.75) is 0 Å². The predicted molar refractivity (Wildman–Crippen MR) is 143 cm³/mol. The van der Waals surface area contributed by atoms with E-state index >= 15 is 0 Å². The number of primary amides is 1. The number of carbonyl (C=O) groups excluding carboxylic acids is 1. The first-order valence-electron chi connectivity index (χ1n) is 10.5. The molecule has 0 unspecified atom stereocenters. The summed E-state index contributed by atoms with van der Waals surface area (Å²) in [7, 11) is 0. The van der Waals surface area contributed by atoms with E-state index in [0.29, 0.717) is 22.2 Å². The standard InChI is InChI=1S/C27H18ClN5OS/c28-20-2-1-3-22(14-20)33(27(30)34)21-8-6-18(7-9-21)23-16-35-25-19(15-32-26(29)24(23)25)5-4-17-10-12-31-13-11-17/h1-3,6-16H,(H2,29,32)(H2,30,34). The number of halogens is 1. The number of thiophene rings is 1. The number of anilines is 3. The number of nitrogen functional groups attached to an aromatic ring is 1. The molecular weight excluding hydrogens is 478 g/mol. The number of rotatable bonds is 3. The number of nitrogens with zero attached hydrogens (tertiary/aromatic N) is 3. The van der Waals surface area contributed by atoms with Crippen LogP contribution in [0.2, 0.25) is 5.02 Å². The second-order valence-electron chi connectivity index (χ2n) is 7.60. The summed E-state index contributed by atoms with van der Waals surface area (Å²) in [6, 6.07) is 17.6. The first kappa shape index (κ1) is 22.4. The molecule has 2 aromatic carbocycles. The maximum atomic E-state index is 12.2. The van der Waals surface area contributed by atoms with Crippen LogP contribution in [0.5, 0.6) is 0 Å². The second kappa shape index (κ2) is 9.47. The highest BCUT2D eigenvalue weighted by Crippen LogP contribution is 2.39. The molecular formula is C27H18ClN5OS. The number of fused-ring (bicyclic) bond motifs is 1. The maximum absolute atomic E-state index is 12.2. The SMILES string of the molecule is NC(=O)N(c1ccc(-c2csc3c(C#Cc4ccncc4)cnc(N)c23)cc1)c1cccc(Cl)c1. The Labute approximate surface area is 210 Å². The van der Waals surface area contributed by atoms with Gasteiger partial charge in [-0.2, -0.15) is 0 Å². The van der Waals surface area contributed by atoms with Gasteiger partial charge < -0.3 is 11.5 Å².